The highest BCUT2D eigenvalue weighted by Crippen LogP contribution is 2.16. The van der Waals surface area contributed by atoms with Crippen LogP contribution in [0.4, 0.5) is 8.78 Å². The SMILES string of the molecule is CCc1cnc(CNC(=NC)NC2CCN(Cc3ccc(F)c(F)c3)CC2)s1.I. The molecule has 160 valence electrons. The van der Waals surface area contributed by atoms with Gasteiger partial charge in [-0.05, 0) is 37.0 Å². The van der Waals surface area contributed by atoms with Gasteiger partial charge in [0.15, 0.2) is 17.6 Å². The molecule has 2 N–H and O–H groups in total. The van der Waals surface area contributed by atoms with Crippen molar-refractivity contribution in [2.75, 3.05) is 20.1 Å². The zero-order chi connectivity index (χ0) is 19.9. The summed E-state index contributed by atoms with van der Waals surface area (Å²) in [5.74, 6) is -0.795. The Hall–Kier alpha value is -1.33. The maximum atomic E-state index is 13.4. The fourth-order valence-corrected chi connectivity index (χ4v) is 4.07. The molecular formula is C20H28F2IN5S. The largest absolute Gasteiger partial charge is 0.354 e. The summed E-state index contributed by atoms with van der Waals surface area (Å²) in [5.41, 5.74) is 0.803. The maximum Gasteiger partial charge on any atom is 0.191 e. The molecule has 0 amide bonds. The Morgan fingerprint density at radius 2 is 2.03 bits per heavy atom. The van der Waals surface area contributed by atoms with E-state index in [-0.39, 0.29) is 24.0 Å². The molecule has 1 fully saturated rings. The molecule has 1 aliphatic rings. The van der Waals surface area contributed by atoms with E-state index in [4.69, 9.17) is 0 Å². The Bertz CT molecular complexity index is 806. The molecule has 0 atom stereocenters. The van der Waals surface area contributed by atoms with Gasteiger partial charge >= 0.3 is 0 Å². The molecular weight excluding hydrogens is 507 g/mol. The average Bonchev–Trinajstić information content (AvgIpc) is 3.17. The minimum atomic E-state index is -0.797. The summed E-state index contributed by atoms with van der Waals surface area (Å²) >= 11 is 1.72. The van der Waals surface area contributed by atoms with Crippen LogP contribution in [-0.4, -0.2) is 42.0 Å². The molecule has 29 heavy (non-hydrogen) atoms. The van der Waals surface area contributed by atoms with Gasteiger partial charge in [-0.25, -0.2) is 13.8 Å². The van der Waals surface area contributed by atoms with Crippen molar-refractivity contribution in [1.29, 1.82) is 0 Å². The lowest BCUT2D eigenvalue weighted by Gasteiger charge is -2.33. The van der Waals surface area contributed by atoms with E-state index in [1.165, 1.54) is 17.0 Å². The maximum absolute atomic E-state index is 13.4. The summed E-state index contributed by atoms with van der Waals surface area (Å²) in [6.45, 7) is 5.24. The normalized spacial score (nSPS) is 15.8. The number of thiazole rings is 1. The molecule has 1 aromatic carbocycles. The molecule has 0 unspecified atom stereocenters. The van der Waals surface area contributed by atoms with Crippen molar-refractivity contribution in [3.05, 3.63) is 51.5 Å². The van der Waals surface area contributed by atoms with Gasteiger partial charge < -0.3 is 10.6 Å². The number of benzene rings is 1. The topological polar surface area (TPSA) is 52.6 Å². The van der Waals surface area contributed by atoms with Gasteiger partial charge in [0, 0.05) is 43.8 Å². The summed E-state index contributed by atoms with van der Waals surface area (Å²) in [6, 6.07) is 4.47. The van der Waals surface area contributed by atoms with E-state index >= 15 is 0 Å². The van der Waals surface area contributed by atoms with Gasteiger partial charge in [-0.15, -0.1) is 35.3 Å². The molecule has 1 saturated heterocycles. The van der Waals surface area contributed by atoms with Crippen LogP contribution >= 0.6 is 35.3 Å². The second-order valence-electron chi connectivity index (χ2n) is 6.94. The lowest BCUT2D eigenvalue weighted by atomic mass is 10.0. The third kappa shape index (κ3) is 7.14. The Morgan fingerprint density at radius 3 is 2.66 bits per heavy atom. The van der Waals surface area contributed by atoms with Crippen LogP contribution in [0.3, 0.4) is 0 Å². The van der Waals surface area contributed by atoms with Crippen molar-refractivity contribution in [3.8, 4) is 0 Å². The zero-order valence-electron chi connectivity index (χ0n) is 16.8. The number of rotatable bonds is 6. The van der Waals surface area contributed by atoms with Crippen LogP contribution in [-0.2, 0) is 19.5 Å². The van der Waals surface area contributed by atoms with Crippen LogP contribution in [0.2, 0.25) is 0 Å². The van der Waals surface area contributed by atoms with Crippen molar-refractivity contribution in [2.24, 2.45) is 4.99 Å². The highest BCUT2D eigenvalue weighted by molar-refractivity contribution is 14.0. The van der Waals surface area contributed by atoms with Crippen LogP contribution in [0.5, 0.6) is 0 Å². The number of halogens is 3. The lowest BCUT2D eigenvalue weighted by molar-refractivity contribution is 0.198. The van der Waals surface area contributed by atoms with E-state index in [0.717, 1.165) is 48.9 Å². The van der Waals surface area contributed by atoms with Crippen LogP contribution < -0.4 is 10.6 Å². The summed E-state index contributed by atoms with van der Waals surface area (Å²) in [7, 11) is 1.77. The van der Waals surface area contributed by atoms with Crippen molar-refractivity contribution in [3.63, 3.8) is 0 Å². The average molecular weight is 535 g/mol. The number of aromatic nitrogens is 1. The van der Waals surface area contributed by atoms with Gasteiger partial charge in [0.05, 0.1) is 6.54 Å². The Kier molecular flexibility index (Phi) is 9.70. The first-order valence-corrected chi connectivity index (χ1v) is 10.5. The molecule has 0 bridgehead atoms. The minimum absolute atomic E-state index is 0. The van der Waals surface area contributed by atoms with Gasteiger partial charge in [-0.2, -0.15) is 0 Å². The van der Waals surface area contributed by atoms with E-state index < -0.39 is 11.6 Å². The minimum Gasteiger partial charge on any atom is -0.354 e. The van der Waals surface area contributed by atoms with Gasteiger partial charge in [-0.1, -0.05) is 13.0 Å². The van der Waals surface area contributed by atoms with Gasteiger partial charge in [0.25, 0.3) is 0 Å². The van der Waals surface area contributed by atoms with Gasteiger partial charge in [0.2, 0.25) is 0 Å². The van der Waals surface area contributed by atoms with E-state index in [9.17, 15) is 8.78 Å². The number of nitrogens with one attached hydrogen (secondary N) is 2. The number of aryl methyl sites for hydroxylation is 1. The van der Waals surface area contributed by atoms with Crippen molar-refractivity contribution >= 4 is 41.3 Å². The van der Waals surface area contributed by atoms with Crippen molar-refractivity contribution in [2.45, 2.75) is 45.3 Å². The lowest BCUT2D eigenvalue weighted by Crippen LogP contribution is -2.48. The third-order valence-corrected chi connectivity index (χ3v) is 6.04. The van der Waals surface area contributed by atoms with E-state index in [2.05, 4.69) is 32.4 Å². The number of hydrogen-bond acceptors (Lipinski definition) is 4. The number of hydrogen-bond donors (Lipinski definition) is 2. The molecule has 0 radical (unpaired) electrons. The molecule has 5 nitrogen and oxygen atoms in total. The summed E-state index contributed by atoms with van der Waals surface area (Å²) < 4.78 is 26.4. The molecule has 0 aliphatic carbocycles. The molecule has 9 heteroatoms. The smallest absolute Gasteiger partial charge is 0.191 e. The fraction of sp³-hybridized carbons (Fsp3) is 0.500. The Balaban J connectivity index is 0.00000300. The quantitative estimate of drug-likeness (QED) is 0.335. The first kappa shape index (κ1) is 23.9. The molecule has 1 aromatic heterocycles. The summed E-state index contributed by atoms with van der Waals surface area (Å²) in [6.07, 6.45) is 4.89. The van der Waals surface area contributed by atoms with Crippen molar-refractivity contribution in [1.82, 2.24) is 20.5 Å². The standard InChI is InChI=1S/C20H27F2N5S.HI/c1-3-16-11-24-19(28-16)12-25-20(23-2)26-15-6-8-27(9-7-15)13-14-4-5-17(21)18(22)10-14;/h4-5,10-11,15H,3,6-9,12-13H2,1-2H3,(H2,23,25,26);1H. The van der Waals surface area contributed by atoms with E-state index in [0.29, 0.717) is 19.1 Å². The molecule has 1 aliphatic heterocycles. The highest BCUT2D eigenvalue weighted by Gasteiger charge is 2.20. The molecule has 2 aromatic rings. The number of nitrogens with zero attached hydrogens (tertiary/aromatic N) is 3. The third-order valence-electron chi connectivity index (χ3n) is 4.90. The summed E-state index contributed by atoms with van der Waals surface area (Å²) in [4.78, 5) is 12.3. The van der Waals surface area contributed by atoms with Crippen LogP contribution in [0.15, 0.2) is 29.4 Å². The predicted octanol–water partition coefficient (Wildman–Crippen LogP) is 3.93. The monoisotopic (exact) mass is 535 g/mol. The van der Waals surface area contributed by atoms with Crippen LogP contribution in [0.1, 0.15) is 35.2 Å². The molecule has 0 spiro atoms. The van der Waals surface area contributed by atoms with Crippen LogP contribution in [0, 0.1) is 11.6 Å². The first-order chi connectivity index (χ1) is 13.6. The van der Waals surface area contributed by atoms with E-state index in [1.54, 1.807) is 24.5 Å². The molecule has 0 saturated carbocycles. The van der Waals surface area contributed by atoms with Gasteiger partial charge in [-0.3, -0.25) is 9.89 Å². The van der Waals surface area contributed by atoms with Crippen molar-refractivity contribution < 1.29 is 8.78 Å². The number of guanidine groups is 1. The Morgan fingerprint density at radius 1 is 1.28 bits per heavy atom. The first-order valence-electron chi connectivity index (χ1n) is 9.64. The van der Waals surface area contributed by atoms with E-state index in [1.807, 2.05) is 6.20 Å². The number of likely N-dealkylation sites (tertiary alicyclic amines) is 1. The van der Waals surface area contributed by atoms with Crippen LogP contribution in [0.25, 0.3) is 0 Å². The second kappa shape index (κ2) is 11.8. The zero-order valence-corrected chi connectivity index (χ0v) is 19.9. The summed E-state index contributed by atoms with van der Waals surface area (Å²) in [5, 5.41) is 7.86. The molecule has 2 heterocycles. The highest BCUT2D eigenvalue weighted by atomic mass is 127. The fourth-order valence-electron chi connectivity index (χ4n) is 3.27. The second-order valence-corrected chi connectivity index (χ2v) is 8.14. The molecule has 3 rings (SSSR count). The predicted molar refractivity (Wildman–Crippen MR) is 125 cm³/mol. The Labute approximate surface area is 192 Å². The number of aliphatic imine (C=N–C) groups is 1. The van der Waals surface area contributed by atoms with Gasteiger partial charge in [0.1, 0.15) is 5.01 Å². The number of piperidine rings is 1.